The number of aromatic nitrogens is 2. The van der Waals surface area contributed by atoms with Crippen LogP contribution in [0, 0.1) is 5.82 Å². The van der Waals surface area contributed by atoms with Gasteiger partial charge in [0.2, 0.25) is 0 Å². The lowest BCUT2D eigenvalue weighted by Crippen LogP contribution is -2.28. The third-order valence-electron chi connectivity index (χ3n) is 3.27. The molecule has 1 aliphatic rings. The molecular formula is C13H13BrFN3O. The van der Waals surface area contributed by atoms with Crippen molar-refractivity contribution >= 4 is 15.9 Å². The molecule has 6 heteroatoms. The van der Waals surface area contributed by atoms with Crippen LogP contribution in [0.15, 0.2) is 27.2 Å². The van der Waals surface area contributed by atoms with Crippen LogP contribution >= 0.6 is 15.9 Å². The van der Waals surface area contributed by atoms with Gasteiger partial charge in [0, 0.05) is 16.9 Å². The van der Waals surface area contributed by atoms with Crippen molar-refractivity contribution in [1.82, 2.24) is 15.5 Å². The van der Waals surface area contributed by atoms with Gasteiger partial charge in [-0.3, -0.25) is 0 Å². The van der Waals surface area contributed by atoms with E-state index in [-0.39, 0.29) is 5.82 Å². The van der Waals surface area contributed by atoms with Crippen LogP contribution in [0.5, 0.6) is 0 Å². The van der Waals surface area contributed by atoms with Gasteiger partial charge in [-0.1, -0.05) is 5.16 Å². The average Bonchev–Trinajstić information content (AvgIpc) is 2.89. The molecule has 4 nitrogen and oxygen atoms in total. The highest BCUT2D eigenvalue weighted by molar-refractivity contribution is 9.10. The molecule has 0 aliphatic carbocycles. The second kappa shape index (κ2) is 5.38. The van der Waals surface area contributed by atoms with Crippen molar-refractivity contribution in [2.24, 2.45) is 0 Å². The molecule has 1 aromatic carbocycles. The minimum Gasteiger partial charge on any atom is -0.334 e. The van der Waals surface area contributed by atoms with Gasteiger partial charge in [-0.25, -0.2) is 4.39 Å². The minimum atomic E-state index is -0.299. The smallest absolute Gasteiger partial charge is 0.259 e. The van der Waals surface area contributed by atoms with Crippen LogP contribution in [0.1, 0.15) is 24.6 Å². The fourth-order valence-corrected chi connectivity index (χ4v) is 2.77. The van der Waals surface area contributed by atoms with Gasteiger partial charge < -0.3 is 9.84 Å². The number of hydrogen-bond acceptors (Lipinski definition) is 4. The Balaban J connectivity index is 1.87. The summed E-state index contributed by atoms with van der Waals surface area (Å²) in [6.45, 7) is 1.92. The topological polar surface area (TPSA) is 51.0 Å². The lowest BCUT2D eigenvalue weighted by Gasteiger charge is -2.19. The van der Waals surface area contributed by atoms with Crippen LogP contribution < -0.4 is 5.32 Å². The molecule has 100 valence electrons. The Morgan fingerprint density at radius 2 is 2.32 bits per heavy atom. The number of rotatable bonds is 2. The lowest BCUT2D eigenvalue weighted by atomic mass is 9.99. The van der Waals surface area contributed by atoms with Crippen molar-refractivity contribution in [3.05, 3.63) is 34.3 Å². The summed E-state index contributed by atoms with van der Waals surface area (Å²) >= 11 is 3.31. The molecule has 1 aromatic heterocycles. The lowest BCUT2D eigenvalue weighted by molar-refractivity contribution is 0.393. The fraction of sp³-hybridized carbons (Fsp3) is 0.385. The van der Waals surface area contributed by atoms with Gasteiger partial charge >= 0.3 is 0 Å². The molecule has 2 heterocycles. The largest absolute Gasteiger partial charge is 0.334 e. The molecule has 19 heavy (non-hydrogen) atoms. The number of halogens is 2. The molecule has 1 aliphatic heterocycles. The fourth-order valence-electron chi connectivity index (χ4n) is 2.25. The molecule has 1 atom stereocenters. The van der Waals surface area contributed by atoms with Crippen molar-refractivity contribution in [1.29, 1.82) is 0 Å². The Labute approximate surface area is 118 Å². The van der Waals surface area contributed by atoms with E-state index in [4.69, 9.17) is 4.52 Å². The zero-order valence-corrected chi connectivity index (χ0v) is 11.8. The molecule has 0 spiro atoms. The van der Waals surface area contributed by atoms with Crippen molar-refractivity contribution < 1.29 is 8.91 Å². The molecule has 3 rings (SSSR count). The molecular weight excluding hydrogens is 313 g/mol. The standard InChI is InChI=1S/C13H13BrFN3O/c14-11-6-9(15)3-4-10(11)13-17-12(18-19-13)8-2-1-5-16-7-8/h3-4,6,8,16H,1-2,5,7H2. The maximum atomic E-state index is 13.1. The van der Waals surface area contributed by atoms with Gasteiger partial charge in [0.05, 0.1) is 5.56 Å². The first kappa shape index (κ1) is 12.7. The summed E-state index contributed by atoms with van der Waals surface area (Å²) in [5, 5.41) is 7.36. The number of piperidine rings is 1. The van der Waals surface area contributed by atoms with Crippen molar-refractivity contribution in [2.45, 2.75) is 18.8 Å². The normalized spacial score (nSPS) is 19.6. The highest BCUT2D eigenvalue weighted by Gasteiger charge is 2.21. The maximum Gasteiger partial charge on any atom is 0.259 e. The summed E-state index contributed by atoms with van der Waals surface area (Å²) in [7, 11) is 0. The minimum absolute atomic E-state index is 0.297. The van der Waals surface area contributed by atoms with Gasteiger partial charge in [0.15, 0.2) is 5.82 Å². The van der Waals surface area contributed by atoms with Gasteiger partial charge in [0.25, 0.3) is 5.89 Å². The first-order valence-electron chi connectivity index (χ1n) is 6.24. The average molecular weight is 326 g/mol. The van der Waals surface area contributed by atoms with Crippen LogP contribution in [-0.2, 0) is 0 Å². The Kier molecular flexibility index (Phi) is 3.61. The van der Waals surface area contributed by atoms with E-state index in [1.807, 2.05) is 0 Å². The molecule has 1 N–H and O–H groups in total. The first-order chi connectivity index (χ1) is 9.24. The first-order valence-corrected chi connectivity index (χ1v) is 7.03. The van der Waals surface area contributed by atoms with Crippen molar-refractivity contribution in [2.75, 3.05) is 13.1 Å². The number of nitrogens with one attached hydrogen (secondary N) is 1. The molecule has 0 saturated carbocycles. The number of benzene rings is 1. The summed E-state index contributed by atoms with van der Waals surface area (Å²) in [5.41, 5.74) is 0.712. The van der Waals surface area contributed by atoms with Gasteiger partial charge in [-0.15, -0.1) is 0 Å². The van der Waals surface area contributed by atoms with Gasteiger partial charge in [-0.2, -0.15) is 4.98 Å². The third-order valence-corrected chi connectivity index (χ3v) is 3.92. The highest BCUT2D eigenvalue weighted by atomic mass is 79.9. The molecule has 0 amide bonds. The second-order valence-corrected chi connectivity index (χ2v) is 5.48. The third kappa shape index (κ3) is 2.69. The van der Waals surface area contributed by atoms with E-state index in [1.165, 1.54) is 12.1 Å². The van der Waals surface area contributed by atoms with E-state index in [2.05, 4.69) is 31.4 Å². The quantitative estimate of drug-likeness (QED) is 0.921. The van der Waals surface area contributed by atoms with Gasteiger partial charge in [0.1, 0.15) is 5.82 Å². The number of hydrogen-bond donors (Lipinski definition) is 1. The van der Waals surface area contributed by atoms with E-state index in [0.717, 1.165) is 31.8 Å². The van der Waals surface area contributed by atoms with E-state index < -0.39 is 0 Å². The van der Waals surface area contributed by atoms with Crippen molar-refractivity contribution in [3.8, 4) is 11.5 Å². The summed E-state index contributed by atoms with van der Waals surface area (Å²) in [4.78, 5) is 4.42. The summed E-state index contributed by atoms with van der Waals surface area (Å²) in [6, 6.07) is 4.41. The monoisotopic (exact) mass is 325 g/mol. The Hall–Kier alpha value is -1.27. The molecule has 0 bridgehead atoms. The summed E-state index contributed by atoms with van der Waals surface area (Å²) in [6.07, 6.45) is 2.19. The molecule has 1 fully saturated rings. The zero-order chi connectivity index (χ0) is 13.2. The van der Waals surface area contributed by atoms with Gasteiger partial charge in [-0.05, 0) is 53.5 Å². The van der Waals surface area contributed by atoms with E-state index in [9.17, 15) is 4.39 Å². The van der Waals surface area contributed by atoms with Crippen LogP contribution in [0.3, 0.4) is 0 Å². The zero-order valence-electron chi connectivity index (χ0n) is 10.2. The molecule has 1 unspecified atom stereocenters. The Bertz CT molecular complexity index is 581. The summed E-state index contributed by atoms with van der Waals surface area (Å²) in [5.74, 6) is 1.14. The van der Waals surface area contributed by atoms with Crippen LogP contribution in [-0.4, -0.2) is 23.2 Å². The van der Waals surface area contributed by atoms with Crippen LogP contribution in [0.4, 0.5) is 4.39 Å². The van der Waals surface area contributed by atoms with E-state index >= 15 is 0 Å². The molecule has 1 saturated heterocycles. The second-order valence-electron chi connectivity index (χ2n) is 4.63. The number of nitrogens with zero attached hydrogens (tertiary/aromatic N) is 2. The Morgan fingerprint density at radius 3 is 3.05 bits per heavy atom. The van der Waals surface area contributed by atoms with E-state index in [0.29, 0.717) is 21.8 Å². The Morgan fingerprint density at radius 1 is 1.42 bits per heavy atom. The molecule has 2 aromatic rings. The predicted molar refractivity (Wildman–Crippen MR) is 72.2 cm³/mol. The highest BCUT2D eigenvalue weighted by Crippen LogP contribution is 2.29. The maximum absolute atomic E-state index is 13.1. The predicted octanol–water partition coefficient (Wildman–Crippen LogP) is 3.11. The summed E-state index contributed by atoms with van der Waals surface area (Å²) < 4.78 is 19.0. The van der Waals surface area contributed by atoms with Crippen molar-refractivity contribution in [3.63, 3.8) is 0 Å². The van der Waals surface area contributed by atoms with Crippen LogP contribution in [0.2, 0.25) is 0 Å². The SMILES string of the molecule is Fc1ccc(-c2nc(C3CCCNC3)no2)c(Br)c1. The molecule has 0 radical (unpaired) electrons. The van der Waals surface area contributed by atoms with E-state index in [1.54, 1.807) is 6.07 Å². The van der Waals surface area contributed by atoms with Crippen LogP contribution in [0.25, 0.3) is 11.5 Å².